The molecule has 0 unspecified atom stereocenters. The summed E-state index contributed by atoms with van der Waals surface area (Å²) in [7, 11) is 1.61. The fourth-order valence-electron chi connectivity index (χ4n) is 1.99. The predicted molar refractivity (Wildman–Crippen MR) is 79.4 cm³/mol. The predicted octanol–water partition coefficient (Wildman–Crippen LogP) is 1.08. The van der Waals surface area contributed by atoms with Crippen LogP contribution in [0.1, 0.15) is 37.7 Å². The molecule has 0 radical (unpaired) electrons. The number of hydrogen-bond acceptors (Lipinski definition) is 3. The zero-order chi connectivity index (χ0) is 15.3. The molecule has 6 nitrogen and oxygen atoms in total. The second-order valence-electron chi connectivity index (χ2n) is 5.24. The van der Waals surface area contributed by atoms with Crippen molar-refractivity contribution < 1.29 is 9.59 Å². The van der Waals surface area contributed by atoms with E-state index in [1.54, 1.807) is 19.3 Å². The zero-order valence-electron chi connectivity index (χ0n) is 12.6. The van der Waals surface area contributed by atoms with Crippen LogP contribution in [0.4, 0.5) is 5.69 Å². The molecule has 0 fully saturated rings. The van der Waals surface area contributed by atoms with Crippen molar-refractivity contribution in [2.45, 2.75) is 39.8 Å². The molecule has 0 aliphatic carbocycles. The lowest BCUT2D eigenvalue weighted by molar-refractivity contribution is -0.122. The lowest BCUT2D eigenvalue weighted by atomic mass is 10.3. The smallest absolute Gasteiger partial charge is 0.270 e. The van der Waals surface area contributed by atoms with Crippen LogP contribution >= 0.6 is 0 Å². The molecule has 0 atom stereocenters. The van der Waals surface area contributed by atoms with Gasteiger partial charge in [0.05, 0.1) is 12.2 Å². The summed E-state index contributed by atoms with van der Waals surface area (Å²) in [6.45, 7) is 6.56. The summed E-state index contributed by atoms with van der Waals surface area (Å²) in [5.74, 6) is -0.369. The molecular formula is C14H24N4O2. The molecule has 1 aromatic heterocycles. The molecule has 3 N–H and O–H groups in total. The molecule has 20 heavy (non-hydrogen) atoms. The Kier molecular flexibility index (Phi) is 5.61. The molecule has 0 bridgehead atoms. The van der Waals surface area contributed by atoms with E-state index in [1.807, 2.05) is 25.3 Å². The van der Waals surface area contributed by atoms with E-state index in [2.05, 4.69) is 5.32 Å². The van der Waals surface area contributed by atoms with Crippen LogP contribution in [-0.2, 0) is 11.3 Å². The number of carbonyl (C=O) groups excluding carboxylic acids is 2. The molecule has 0 aliphatic rings. The highest BCUT2D eigenvalue weighted by molar-refractivity contribution is 5.96. The summed E-state index contributed by atoms with van der Waals surface area (Å²) < 4.78 is 1.83. The molecule has 1 rings (SSSR count). The van der Waals surface area contributed by atoms with Gasteiger partial charge in [-0.2, -0.15) is 0 Å². The molecule has 0 aromatic carbocycles. The van der Waals surface area contributed by atoms with E-state index < -0.39 is 0 Å². The number of anilines is 1. The highest BCUT2D eigenvalue weighted by Crippen LogP contribution is 2.13. The fraction of sp³-hybridized carbons (Fsp3) is 0.571. The Labute approximate surface area is 119 Å². The molecule has 0 saturated carbocycles. The van der Waals surface area contributed by atoms with Crippen LogP contribution in [0.5, 0.6) is 0 Å². The molecular weight excluding hydrogens is 256 g/mol. The normalized spacial score (nSPS) is 10.7. The van der Waals surface area contributed by atoms with Gasteiger partial charge in [-0.05, 0) is 26.3 Å². The number of hydrogen-bond donors (Lipinski definition) is 2. The minimum Gasteiger partial charge on any atom is -0.397 e. The van der Waals surface area contributed by atoms with Gasteiger partial charge in [-0.15, -0.1) is 0 Å². The third-order valence-corrected chi connectivity index (χ3v) is 2.78. The number of nitrogens with zero attached hydrogens (tertiary/aromatic N) is 2. The van der Waals surface area contributed by atoms with Crippen LogP contribution in [0, 0.1) is 0 Å². The molecule has 1 heterocycles. The first kappa shape index (κ1) is 16.1. The van der Waals surface area contributed by atoms with Gasteiger partial charge in [0.25, 0.3) is 5.91 Å². The quantitative estimate of drug-likeness (QED) is 0.818. The van der Waals surface area contributed by atoms with Crippen molar-refractivity contribution >= 4 is 17.5 Å². The summed E-state index contributed by atoms with van der Waals surface area (Å²) in [5, 5.41) is 2.76. The maximum atomic E-state index is 12.3. The minimum absolute atomic E-state index is 0.0359. The number of aryl methyl sites for hydroxylation is 1. The Balaban J connectivity index is 2.76. The third kappa shape index (κ3) is 4.29. The topological polar surface area (TPSA) is 80.4 Å². The van der Waals surface area contributed by atoms with Crippen LogP contribution in [0.15, 0.2) is 12.3 Å². The summed E-state index contributed by atoms with van der Waals surface area (Å²) in [4.78, 5) is 25.4. The molecule has 1 aromatic rings. The van der Waals surface area contributed by atoms with E-state index in [9.17, 15) is 9.59 Å². The van der Waals surface area contributed by atoms with Gasteiger partial charge in [0, 0.05) is 25.8 Å². The monoisotopic (exact) mass is 280 g/mol. The van der Waals surface area contributed by atoms with E-state index in [4.69, 9.17) is 5.73 Å². The van der Waals surface area contributed by atoms with Gasteiger partial charge in [0.1, 0.15) is 5.69 Å². The zero-order valence-corrected chi connectivity index (χ0v) is 12.6. The number of nitrogens with one attached hydrogen (secondary N) is 1. The van der Waals surface area contributed by atoms with E-state index in [1.165, 1.54) is 4.90 Å². The SMILES string of the molecule is CCCn1cc(N)cc1C(=O)N(C)CC(=O)NC(C)C. The van der Waals surface area contributed by atoms with Crippen molar-refractivity contribution in [2.75, 3.05) is 19.3 Å². The van der Waals surface area contributed by atoms with Crippen molar-refractivity contribution in [3.8, 4) is 0 Å². The van der Waals surface area contributed by atoms with E-state index in [0.717, 1.165) is 13.0 Å². The summed E-state index contributed by atoms with van der Waals surface area (Å²) in [5.41, 5.74) is 6.82. The number of nitrogen functional groups attached to an aromatic ring is 1. The van der Waals surface area contributed by atoms with Gasteiger partial charge in [-0.1, -0.05) is 6.92 Å². The van der Waals surface area contributed by atoms with Crippen molar-refractivity contribution in [1.29, 1.82) is 0 Å². The van der Waals surface area contributed by atoms with Gasteiger partial charge >= 0.3 is 0 Å². The van der Waals surface area contributed by atoms with Gasteiger partial charge in [0.15, 0.2) is 0 Å². The lowest BCUT2D eigenvalue weighted by Crippen LogP contribution is -2.41. The molecule has 2 amide bonds. The Morgan fingerprint density at radius 1 is 1.45 bits per heavy atom. The maximum Gasteiger partial charge on any atom is 0.270 e. The first-order chi connectivity index (χ1) is 9.35. The summed E-state index contributed by atoms with van der Waals surface area (Å²) >= 11 is 0. The summed E-state index contributed by atoms with van der Waals surface area (Å²) in [6.07, 6.45) is 2.66. The van der Waals surface area contributed by atoms with Crippen molar-refractivity contribution in [1.82, 2.24) is 14.8 Å². The van der Waals surface area contributed by atoms with Gasteiger partial charge in [-0.25, -0.2) is 0 Å². The average Bonchev–Trinajstić information content (AvgIpc) is 2.68. The third-order valence-electron chi connectivity index (χ3n) is 2.78. The minimum atomic E-state index is -0.200. The highest BCUT2D eigenvalue weighted by atomic mass is 16.2. The first-order valence-electron chi connectivity index (χ1n) is 6.85. The largest absolute Gasteiger partial charge is 0.397 e. The second-order valence-corrected chi connectivity index (χ2v) is 5.24. The first-order valence-corrected chi connectivity index (χ1v) is 6.85. The van der Waals surface area contributed by atoms with E-state index in [-0.39, 0.29) is 24.4 Å². The number of aromatic nitrogens is 1. The van der Waals surface area contributed by atoms with Gasteiger partial charge in [-0.3, -0.25) is 9.59 Å². The van der Waals surface area contributed by atoms with Crippen LogP contribution in [0.3, 0.4) is 0 Å². The van der Waals surface area contributed by atoms with Crippen molar-refractivity contribution in [2.24, 2.45) is 0 Å². The molecule has 6 heteroatoms. The van der Waals surface area contributed by atoms with E-state index >= 15 is 0 Å². The van der Waals surface area contributed by atoms with Crippen molar-refractivity contribution in [3.63, 3.8) is 0 Å². The lowest BCUT2D eigenvalue weighted by Gasteiger charge is -2.18. The van der Waals surface area contributed by atoms with Crippen LogP contribution < -0.4 is 11.1 Å². The Morgan fingerprint density at radius 3 is 2.65 bits per heavy atom. The number of nitrogens with two attached hydrogens (primary N) is 1. The number of rotatable bonds is 6. The van der Waals surface area contributed by atoms with Crippen molar-refractivity contribution in [3.05, 3.63) is 18.0 Å². The number of amides is 2. The Hall–Kier alpha value is -1.98. The molecule has 0 saturated heterocycles. The Morgan fingerprint density at radius 2 is 2.10 bits per heavy atom. The molecule has 0 aliphatic heterocycles. The highest BCUT2D eigenvalue weighted by Gasteiger charge is 2.19. The number of likely N-dealkylation sites (N-methyl/N-ethyl adjacent to an activating group) is 1. The van der Waals surface area contributed by atoms with E-state index in [0.29, 0.717) is 11.4 Å². The molecule has 0 spiro atoms. The van der Waals surface area contributed by atoms with Crippen LogP contribution in [0.2, 0.25) is 0 Å². The van der Waals surface area contributed by atoms with Crippen LogP contribution in [-0.4, -0.2) is 40.9 Å². The Bertz CT molecular complexity index is 480. The fourth-order valence-corrected chi connectivity index (χ4v) is 1.99. The standard InChI is InChI=1S/C14H24N4O2/c1-5-6-18-8-11(15)7-12(18)14(20)17(4)9-13(19)16-10(2)3/h7-8,10H,5-6,9,15H2,1-4H3,(H,16,19). The van der Waals surface area contributed by atoms with Gasteiger partial charge < -0.3 is 20.5 Å². The summed E-state index contributed by atoms with van der Waals surface area (Å²) in [6, 6.07) is 1.71. The second kappa shape index (κ2) is 6.98. The molecule has 112 valence electrons. The average molecular weight is 280 g/mol. The van der Waals surface area contributed by atoms with Gasteiger partial charge in [0.2, 0.25) is 5.91 Å². The maximum absolute atomic E-state index is 12.3. The van der Waals surface area contributed by atoms with Crippen LogP contribution in [0.25, 0.3) is 0 Å². The number of carbonyl (C=O) groups is 2.